The first-order valence-electron chi connectivity index (χ1n) is 9.57. The molecule has 0 saturated carbocycles. The molecule has 0 radical (unpaired) electrons. The van der Waals surface area contributed by atoms with E-state index in [2.05, 4.69) is 22.9 Å². The Bertz CT molecular complexity index is 898. The summed E-state index contributed by atoms with van der Waals surface area (Å²) in [5.74, 6) is 0.114. The van der Waals surface area contributed by atoms with Crippen molar-refractivity contribution >= 4 is 34.0 Å². The van der Waals surface area contributed by atoms with Gasteiger partial charge in [-0.3, -0.25) is 4.79 Å². The third kappa shape index (κ3) is 2.28. The summed E-state index contributed by atoms with van der Waals surface area (Å²) >= 11 is 6.34. The van der Waals surface area contributed by atoms with Crippen LogP contribution in [0.1, 0.15) is 48.0 Å². The molecular formula is C21H24ClN3O. The van der Waals surface area contributed by atoms with Crippen LogP contribution in [-0.4, -0.2) is 40.9 Å². The molecule has 3 aliphatic heterocycles. The average molecular weight is 370 g/mol. The lowest BCUT2D eigenvalue weighted by atomic mass is 9.80. The molecule has 4 nitrogen and oxygen atoms in total. The zero-order valence-electron chi connectivity index (χ0n) is 15.0. The predicted molar refractivity (Wildman–Crippen MR) is 105 cm³/mol. The molecule has 3 heterocycles. The highest BCUT2D eigenvalue weighted by molar-refractivity contribution is 6.36. The maximum Gasteiger partial charge on any atom is 0.255 e. The molecule has 3 atom stereocenters. The molecular weight excluding hydrogens is 346 g/mol. The third-order valence-electron chi connectivity index (χ3n) is 6.83. The topological polar surface area (TPSA) is 49.6 Å². The normalized spacial score (nSPS) is 28.6. The summed E-state index contributed by atoms with van der Waals surface area (Å²) in [6.07, 6.45) is 5.97. The molecule has 2 N–H and O–H groups in total. The van der Waals surface area contributed by atoms with Gasteiger partial charge < -0.3 is 15.5 Å². The minimum Gasteiger partial charge on any atom is -0.397 e. The molecule has 0 spiro atoms. The lowest BCUT2D eigenvalue weighted by Crippen LogP contribution is -2.56. The van der Waals surface area contributed by atoms with E-state index in [9.17, 15) is 4.79 Å². The van der Waals surface area contributed by atoms with E-state index in [0.29, 0.717) is 40.9 Å². The molecule has 26 heavy (non-hydrogen) atoms. The second kappa shape index (κ2) is 5.86. The molecule has 3 aliphatic rings. The molecule has 2 aromatic rings. The van der Waals surface area contributed by atoms with E-state index in [0.717, 1.165) is 23.6 Å². The first-order chi connectivity index (χ1) is 12.5. The number of piperidine rings is 2. The monoisotopic (exact) mass is 369 g/mol. The zero-order chi connectivity index (χ0) is 18.0. The van der Waals surface area contributed by atoms with Gasteiger partial charge in [0.1, 0.15) is 0 Å². The van der Waals surface area contributed by atoms with Gasteiger partial charge in [0.25, 0.3) is 5.91 Å². The quantitative estimate of drug-likeness (QED) is 0.771. The summed E-state index contributed by atoms with van der Waals surface area (Å²) in [4.78, 5) is 18.0. The molecule has 1 amide bonds. The Balaban J connectivity index is 1.56. The van der Waals surface area contributed by atoms with Crippen LogP contribution in [0.5, 0.6) is 0 Å². The Labute approximate surface area is 158 Å². The van der Waals surface area contributed by atoms with Gasteiger partial charge in [0.05, 0.1) is 10.7 Å². The minimum atomic E-state index is 0.114. The maximum atomic E-state index is 13.4. The van der Waals surface area contributed by atoms with Crippen molar-refractivity contribution in [2.24, 2.45) is 0 Å². The number of nitrogen functional groups attached to an aromatic ring is 1. The van der Waals surface area contributed by atoms with E-state index >= 15 is 0 Å². The van der Waals surface area contributed by atoms with Crippen LogP contribution in [0.15, 0.2) is 24.3 Å². The van der Waals surface area contributed by atoms with E-state index in [1.807, 2.05) is 12.1 Å². The van der Waals surface area contributed by atoms with Crippen LogP contribution in [0.2, 0.25) is 5.02 Å². The highest BCUT2D eigenvalue weighted by atomic mass is 35.5. The van der Waals surface area contributed by atoms with Crippen LogP contribution in [-0.2, 0) is 6.54 Å². The molecule has 2 aromatic carbocycles. The largest absolute Gasteiger partial charge is 0.397 e. The van der Waals surface area contributed by atoms with Crippen molar-refractivity contribution in [3.05, 3.63) is 40.4 Å². The second-order valence-corrected chi connectivity index (χ2v) is 8.53. The van der Waals surface area contributed by atoms with Gasteiger partial charge in [-0.15, -0.1) is 0 Å². The van der Waals surface area contributed by atoms with Crippen LogP contribution >= 0.6 is 11.6 Å². The van der Waals surface area contributed by atoms with Crippen molar-refractivity contribution in [1.29, 1.82) is 0 Å². The molecule has 0 aromatic heterocycles. The van der Waals surface area contributed by atoms with Crippen LogP contribution in [0.3, 0.4) is 0 Å². The summed E-state index contributed by atoms with van der Waals surface area (Å²) in [7, 11) is 2.25. The number of rotatable bonds is 1. The van der Waals surface area contributed by atoms with Gasteiger partial charge in [0.2, 0.25) is 0 Å². The highest BCUT2D eigenvalue weighted by Gasteiger charge is 2.41. The van der Waals surface area contributed by atoms with E-state index in [1.165, 1.54) is 24.8 Å². The van der Waals surface area contributed by atoms with Gasteiger partial charge in [-0.25, -0.2) is 0 Å². The molecule has 2 saturated heterocycles. The second-order valence-electron chi connectivity index (χ2n) is 8.12. The molecule has 2 fully saturated rings. The number of nitrogens with two attached hydrogens (primary N) is 1. The van der Waals surface area contributed by atoms with Gasteiger partial charge in [-0.05, 0) is 44.4 Å². The Morgan fingerprint density at radius 1 is 1.15 bits per heavy atom. The summed E-state index contributed by atoms with van der Waals surface area (Å²) in [5.41, 5.74) is 8.64. The van der Waals surface area contributed by atoms with E-state index in [4.69, 9.17) is 17.3 Å². The summed E-state index contributed by atoms with van der Waals surface area (Å²) in [5, 5.41) is 2.36. The molecule has 2 bridgehead atoms. The number of fused-ring (bicyclic) bond motifs is 2. The number of benzene rings is 2. The Hall–Kier alpha value is -1.78. The Morgan fingerprint density at radius 3 is 2.62 bits per heavy atom. The van der Waals surface area contributed by atoms with E-state index in [-0.39, 0.29) is 5.91 Å². The van der Waals surface area contributed by atoms with Gasteiger partial charge in [0.15, 0.2) is 0 Å². The fraction of sp³-hybridized carbons (Fsp3) is 0.476. The van der Waals surface area contributed by atoms with Crippen molar-refractivity contribution in [3.8, 4) is 0 Å². The zero-order valence-corrected chi connectivity index (χ0v) is 15.8. The number of halogens is 1. The summed E-state index contributed by atoms with van der Waals surface area (Å²) in [6.45, 7) is 0.679. The fourth-order valence-electron chi connectivity index (χ4n) is 5.39. The first-order valence-corrected chi connectivity index (χ1v) is 9.95. The Kier molecular flexibility index (Phi) is 3.70. The van der Waals surface area contributed by atoms with Gasteiger partial charge in [0, 0.05) is 41.0 Å². The van der Waals surface area contributed by atoms with E-state index in [1.54, 1.807) is 6.07 Å². The average Bonchev–Trinajstić information content (AvgIpc) is 2.61. The molecule has 5 heteroatoms. The SMILES string of the molecule is CN1[C@@H]2CCC[C@H]1CC(N1Cc3cccc4c(N)c(Cl)cc(c34)C1=O)C2. The molecule has 5 rings (SSSR count). The number of carbonyl (C=O) groups excluding carboxylic acids is 1. The van der Waals surface area contributed by atoms with Gasteiger partial charge in [-0.1, -0.05) is 36.2 Å². The maximum absolute atomic E-state index is 13.4. The summed E-state index contributed by atoms with van der Waals surface area (Å²) < 4.78 is 0. The number of carbonyl (C=O) groups is 1. The number of nitrogens with zero attached hydrogens (tertiary/aromatic N) is 2. The highest BCUT2D eigenvalue weighted by Crippen LogP contribution is 2.41. The minimum absolute atomic E-state index is 0.114. The number of amides is 1. The molecule has 1 unspecified atom stereocenters. The smallest absolute Gasteiger partial charge is 0.255 e. The third-order valence-corrected chi connectivity index (χ3v) is 7.14. The number of hydrogen-bond donors (Lipinski definition) is 1. The van der Waals surface area contributed by atoms with Crippen LogP contribution < -0.4 is 5.73 Å². The van der Waals surface area contributed by atoms with Crippen molar-refractivity contribution in [2.45, 2.75) is 56.8 Å². The first kappa shape index (κ1) is 16.4. The fourth-order valence-corrected chi connectivity index (χ4v) is 5.61. The Morgan fingerprint density at radius 2 is 1.88 bits per heavy atom. The molecule has 136 valence electrons. The van der Waals surface area contributed by atoms with E-state index < -0.39 is 0 Å². The van der Waals surface area contributed by atoms with Gasteiger partial charge in [-0.2, -0.15) is 0 Å². The van der Waals surface area contributed by atoms with Crippen molar-refractivity contribution < 1.29 is 4.79 Å². The van der Waals surface area contributed by atoms with Gasteiger partial charge >= 0.3 is 0 Å². The predicted octanol–water partition coefficient (Wildman–Crippen LogP) is 4.05. The standard InChI is InChI=1S/C21H24ClN3O/c1-24-13-5-3-6-14(24)9-15(8-13)25-11-12-4-2-7-16-19(12)17(21(25)26)10-18(22)20(16)23/h2,4,7,10,13-15H,3,5-6,8-9,11,23H2,1H3/t13-,14+,15?. The number of anilines is 1. The number of hydrogen-bond acceptors (Lipinski definition) is 3. The van der Waals surface area contributed by atoms with Crippen molar-refractivity contribution in [3.63, 3.8) is 0 Å². The van der Waals surface area contributed by atoms with Crippen LogP contribution in [0.25, 0.3) is 10.8 Å². The lowest BCUT2D eigenvalue weighted by molar-refractivity contribution is 0.00750. The molecule has 0 aliphatic carbocycles. The lowest BCUT2D eigenvalue weighted by Gasteiger charge is -2.50. The summed E-state index contributed by atoms with van der Waals surface area (Å²) in [6, 6.07) is 9.40. The van der Waals surface area contributed by atoms with Crippen molar-refractivity contribution in [2.75, 3.05) is 12.8 Å². The van der Waals surface area contributed by atoms with Crippen molar-refractivity contribution in [1.82, 2.24) is 9.80 Å². The van der Waals surface area contributed by atoms with Crippen LogP contribution in [0.4, 0.5) is 5.69 Å². The van der Waals surface area contributed by atoms with Crippen LogP contribution in [0, 0.1) is 0 Å².